The number of carbonyl (C=O) groups is 1. The molecule has 0 radical (unpaired) electrons. The molecule has 1 amide bonds. The van der Waals surface area contributed by atoms with E-state index in [-0.39, 0.29) is 5.91 Å². The first kappa shape index (κ1) is 26.4. The third-order valence-corrected chi connectivity index (χ3v) is 6.78. The Labute approximate surface area is 229 Å². The molecule has 1 saturated heterocycles. The molecule has 0 N–H and O–H groups in total. The second-order valence-corrected chi connectivity index (χ2v) is 10.00. The van der Waals surface area contributed by atoms with Crippen LogP contribution < -0.4 is 14.4 Å². The summed E-state index contributed by atoms with van der Waals surface area (Å²) in [6.45, 7) is 4.89. The molecule has 1 aliphatic rings. The molecule has 1 fully saturated rings. The Balaban J connectivity index is 1.75. The summed E-state index contributed by atoms with van der Waals surface area (Å²) < 4.78 is 11.6. The van der Waals surface area contributed by atoms with Crippen molar-refractivity contribution >= 4 is 75.1 Å². The van der Waals surface area contributed by atoms with Gasteiger partial charge in [-0.25, -0.2) is 4.99 Å². The van der Waals surface area contributed by atoms with Crippen LogP contribution in [0, 0.1) is 0 Å². The van der Waals surface area contributed by atoms with Crippen LogP contribution in [0.2, 0.25) is 15.1 Å². The lowest BCUT2D eigenvalue weighted by Crippen LogP contribution is -2.28. The van der Waals surface area contributed by atoms with Crippen LogP contribution in [-0.2, 0) is 4.79 Å². The van der Waals surface area contributed by atoms with E-state index >= 15 is 0 Å². The van der Waals surface area contributed by atoms with Crippen molar-refractivity contribution in [3.63, 3.8) is 0 Å². The number of hydrogen-bond acceptors (Lipinski definition) is 5. The van der Waals surface area contributed by atoms with Gasteiger partial charge in [0, 0.05) is 10.0 Å². The van der Waals surface area contributed by atoms with Crippen molar-refractivity contribution in [2.45, 2.75) is 20.3 Å². The highest BCUT2D eigenvalue weighted by atomic mass is 35.5. The van der Waals surface area contributed by atoms with Gasteiger partial charge >= 0.3 is 0 Å². The van der Waals surface area contributed by atoms with Crippen molar-refractivity contribution in [3.8, 4) is 11.5 Å². The summed E-state index contributed by atoms with van der Waals surface area (Å²) in [5.74, 6) is 0.821. The molecule has 0 aliphatic carbocycles. The fourth-order valence-electron chi connectivity index (χ4n) is 3.42. The SMILES string of the molecule is CCCOc1c(Cl)cc(/C=C2\SC(=Nc3ccc(Cl)cc3)N(c3ccc(Cl)cc3)C2=O)cc1OCC. The maximum atomic E-state index is 13.6. The Hall–Kier alpha value is -2.64. The molecule has 1 aliphatic heterocycles. The van der Waals surface area contributed by atoms with Crippen molar-refractivity contribution in [2.24, 2.45) is 4.99 Å². The van der Waals surface area contributed by atoms with E-state index in [2.05, 4.69) is 0 Å². The Bertz CT molecular complexity index is 1310. The first-order valence-corrected chi connectivity index (χ1v) is 13.3. The van der Waals surface area contributed by atoms with E-state index in [0.717, 1.165) is 6.42 Å². The quantitative estimate of drug-likeness (QED) is 0.258. The number of aliphatic imine (C=N–C) groups is 1. The molecule has 0 spiro atoms. The number of amides is 1. The number of thioether (sulfide) groups is 1. The predicted octanol–water partition coefficient (Wildman–Crippen LogP) is 8.64. The summed E-state index contributed by atoms with van der Waals surface area (Å²) in [5.41, 5.74) is 2.05. The molecule has 4 rings (SSSR count). The van der Waals surface area contributed by atoms with Crippen LogP contribution in [0.15, 0.2) is 70.6 Å². The van der Waals surface area contributed by atoms with Crippen LogP contribution >= 0.6 is 46.6 Å². The van der Waals surface area contributed by atoms with Crippen LogP contribution in [0.3, 0.4) is 0 Å². The van der Waals surface area contributed by atoms with Gasteiger partial charge in [-0.05, 0) is 97.4 Å². The first-order chi connectivity index (χ1) is 17.4. The highest BCUT2D eigenvalue weighted by Gasteiger charge is 2.35. The van der Waals surface area contributed by atoms with E-state index in [1.54, 1.807) is 65.6 Å². The summed E-state index contributed by atoms with van der Waals surface area (Å²) in [4.78, 5) is 20.3. The van der Waals surface area contributed by atoms with Gasteiger partial charge in [-0.15, -0.1) is 0 Å². The topological polar surface area (TPSA) is 51.1 Å². The van der Waals surface area contributed by atoms with Gasteiger partial charge in [0.25, 0.3) is 5.91 Å². The zero-order valence-electron chi connectivity index (χ0n) is 19.6. The van der Waals surface area contributed by atoms with Gasteiger partial charge in [0.2, 0.25) is 0 Å². The summed E-state index contributed by atoms with van der Waals surface area (Å²) >= 11 is 19.9. The average Bonchev–Trinajstić information content (AvgIpc) is 3.15. The van der Waals surface area contributed by atoms with E-state index in [1.807, 2.05) is 19.9 Å². The van der Waals surface area contributed by atoms with Crippen molar-refractivity contribution in [2.75, 3.05) is 18.1 Å². The van der Waals surface area contributed by atoms with Gasteiger partial charge in [0.1, 0.15) is 0 Å². The Morgan fingerprint density at radius 2 is 1.61 bits per heavy atom. The molecular formula is C27H23Cl3N2O3S. The van der Waals surface area contributed by atoms with Gasteiger partial charge in [-0.3, -0.25) is 9.69 Å². The minimum atomic E-state index is -0.213. The number of halogens is 3. The smallest absolute Gasteiger partial charge is 0.271 e. The predicted molar refractivity (Wildman–Crippen MR) is 151 cm³/mol. The molecule has 0 saturated carbocycles. The summed E-state index contributed by atoms with van der Waals surface area (Å²) in [5, 5.41) is 2.11. The fraction of sp³-hybridized carbons (Fsp3) is 0.185. The zero-order chi connectivity index (χ0) is 25.7. The van der Waals surface area contributed by atoms with Crippen molar-refractivity contribution in [3.05, 3.63) is 86.2 Å². The Morgan fingerprint density at radius 1 is 0.944 bits per heavy atom. The summed E-state index contributed by atoms with van der Waals surface area (Å²) in [6.07, 6.45) is 2.62. The fourth-order valence-corrected chi connectivity index (χ4v) is 4.95. The average molecular weight is 562 g/mol. The first-order valence-electron chi connectivity index (χ1n) is 11.3. The van der Waals surface area contributed by atoms with Crippen LogP contribution in [0.4, 0.5) is 11.4 Å². The van der Waals surface area contributed by atoms with Crippen molar-refractivity contribution < 1.29 is 14.3 Å². The molecule has 0 unspecified atom stereocenters. The summed E-state index contributed by atoms with van der Waals surface area (Å²) in [6, 6.07) is 17.7. The molecule has 3 aromatic carbocycles. The van der Waals surface area contributed by atoms with Gasteiger partial charge in [0.15, 0.2) is 16.7 Å². The van der Waals surface area contributed by atoms with Gasteiger partial charge in [0.05, 0.1) is 34.5 Å². The molecule has 3 aromatic rings. The third kappa shape index (κ3) is 6.19. The van der Waals surface area contributed by atoms with Crippen molar-refractivity contribution in [1.82, 2.24) is 0 Å². The molecule has 9 heteroatoms. The highest BCUT2D eigenvalue weighted by molar-refractivity contribution is 8.19. The lowest BCUT2D eigenvalue weighted by atomic mass is 10.1. The minimum Gasteiger partial charge on any atom is -0.490 e. The normalized spacial score (nSPS) is 15.7. The van der Waals surface area contributed by atoms with E-state index in [9.17, 15) is 4.79 Å². The molecular weight excluding hydrogens is 539 g/mol. The molecule has 5 nitrogen and oxygen atoms in total. The number of nitrogens with zero attached hydrogens (tertiary/aromatic N) is 2. The van der Waals surface area contributed by atoms with E-state index in [0.29, 0.717) is 66.8 Å². The largest absolute Gasteiger partial charge is 0.490 e. The minimum absolute atomic E-state index is 0.213. The molecule has 36 heavy (non-hydrogen) atoms. The second-order valence-electron chi connectivity index (χ2n) is 7.71. The van der Waals surface area contributed by atoms with Crippen LogP contribution in [0.5, 0.6) is 11.5 Å². The van der Waals surface area contributed by atoms with Crippen LogP contribution in [0.25, 0.3) is 6.08 Å². The monoisotopic (exact) mass is 560 g/mol. The number of hydrogen-bond donors (Lipinski definition) is 0. The van der Waals surface area contributed by atoms with Crippen LogP contribution in [-0.4, -0.2) is 24.3 Å². The number of anilines is 1. The standard InChI is InChI=1S/C27H23Cl3N2O3S/c1-3-13-35-25-22(30)14-17(15-23(25)34-4-2)16-24-26(33)32(21-11-7-19(29)8-12-21)27(36-24)31-20-9-5-18(28)6-10-20/h5-12,14-16H,3-4,13H2,1-2H3/b24-16-,31-27?. The maximum absolute atomic E-state index is 13.6. The van der Waals surface area contributed by atoms with E-state index in [4.69, 9.17) is 49.3 Å². The lowest BCUT2D eigenvalue weighted by Gasteiger charge is -2.16. The van der Waals surface area contributed by atoms with Crippen molar-refractivity contribution in [1.29, 1.82) is 0 Å². The maximum Gasteiger partial charge on any atom is 0.271 e. The molecule has 0 bridgehead atoms. The summed E-state index contributed by atoms with van der Waals surface area (Å²) in [7, 11) is 0. The van der Waals surface area contributed by atoms with Gasteiger partial charge in [-0.2, -0.15) is 0 Å². The molecule has 0 atom stereocenters. The number of carbonyl (C=O) groups excluding carboxylic acids is 1. The van der Waals surface area contributed by atoms with Crippen LogP contribution in [0.1, 0.15) is 25.8 Å². The van der Waals surface area contributed by atoms with E-state index in [1.165, 1.54) is 11.8 Å². The third-order valence-electron chi connectivity index (χ3n) is 5.02. The van der Waals surface area contributed by atoms with Gasteiger partial charge in [-0.1, -0.05) is 41.7 Å². The number of rotatable bonds is 8. The van der Waals surface area contributed by atoms with E-state index < -0.39 is 0 Å². The molecule has 186 valence electrons. The number of ether oxygens (including phenoxy) is 2. The number of benzene rings is 3. The van der Waals surface area contributed by atoms with Gasteiger partial charge < -0.3 is 9.47 Å². The Kier molecular flexibility index (Phi) is 8.86. The highest BCUT2D eigenvalue weighted by Crippen LogP contribution is 2.41. The molecule has 1 heterocycles. The number of amidine groups is 1. The zero-order valence-corrected chi connectivity index (χ0v) is 22.7. The lowest BCUT2D eigenvalue weighted by molar-refractivity contribution is -0.113. The Morgan fingerprint density at radius 3 is 2.25 bits per heavy atom. The second kappa shape index (κ2) is 12.1. The molecule has 0 aromatic heterocycles.